The largest absolute Gasteiger partial charge is 0.337 e. The summed E-state index contributed by atoms with van der Waals surface area (Å²) in [6.07, 6.45) is 1.35. The number of carbonyl (C=O) groups excluding carboxylic acids is 2. The molecular formula is C17H19N3O4S2. The normalized spacial score (nSPS) is 17.7. The van der Waals surface area contributed by atoms with Crippen LogP contribution in [0.15, 0.2) is 46.7 Å². The van der Waals surface area contributed by atoms with Crippen molar-refractivity contribution >= 4 is 38.9 Å². The van der Waals surface area contributed by atoms with E-state index in [-0.39, 0.29) is 28.1 Å². The van der Waals surface area contributed by atoms with E-state index in [0.717, 1.165) is 11.3 Å². The van der Waals surface area contributed by atoms with Crippen LogP contribution in [-0.4, -0.2) is 38.2 Å². The van der Waals surface area contributed by atoms with Crippen molar-refractivity contribution in [1.29, 1.82) is 0 Å². The van der Waals surface area contributed by atoms with Gasteiger partial charge >= 0.3 is 0 Å². The highest BCUT2D eigenvalue weighted by atomic mass is 32.2. The van der Waals surface area contributed by atoms with Crippen LogP contribution in [0.25, 0.3) is 0 Å². The highest BCUT2D eigenvalue weighted by molar-refractivity contribution is 7.89. The second kappa shape index (κ2) is 7.56. The number of piperidine rings is 1. The molecule has 1 saturated heterocycles. The van der Waals surface area contributed by atoms with Crippen LogP contribution in [-0.2, 0) is 14.8 Å². The molecule has 1 fully saturated rings. The molecule has 0 radical (unpaired) electrons. The molecule has 0 bridgehead atoms. The number of nitrogens with two attached hydrogens (primary N) is 1. The molecule has 0 spiro atoms. The molecule has 26 heavy (non-hydrogen) atoms. The summed E-state index contributed by atoms with van der Waals surface area (Å²) < 4.78 is 23.3. The minimum Gasteiger partial charge on any atom is -0.337 e. The van der Waals surface area contributed by atoms with Crippen molar-refractivity contribution in [3.05, 3.63) is 46.7 Å². The maximum absolute atomic E-state index is 12.7. The minimum absolute atomic E-state index is 0.0941. The molecule has 7 nitrogen and oxygen atoms in total. The fraction of sp³-hybridized carbons (Fsp3) is 0.294. The molecule has 2 amide bonds. The van der Waals surface area contributed by atoms with E-state index in [1.807, 2.05) is 18.2 Å². The first-order valence-electron chi connectivity index (χ1n) is 8.12. The lowest BCUT2D eigenvalue weighted by molar-refractivity contribution is -0.121. The lowest BCUT2D eigenvalue weighted by Gasteiger charge is -2.32. The zero-order valence-corrected chi connectivity index (χ0v) is 15.6. The first-order chi connectivity index (χ1) is 12.4. The highest BCUT2D eigenvalue weighted by Crippen LogP contribution is 2.26. The third kappa shape index (κ3) is 4.12. The number of carbonyl (C=O) groups is 2. The molecule has 1 aromatic heterocycles. The fourth-order valence-corrected chi connectivity index (χ4v) is 4.90. The lowest BCUT2D eigenvalue weighted by atomic mass is 9.97. The summed E-state index contributed by atoms with van der Waals surface area (Å²) in [6.45, 7) is 0.732. The van der Waals surface area contributed by atoms with Crippen molar-refractivity contribution in [2.75, 3.05) is 18.4 Å². The number of primary sulfonamides is 1. The number of anilines is 1. The van der Waals surface area contributed by atoms with E-state index in [4.69, 9.17) is 5.14 Å². The minimum atomic E-state index is -3.96. The second-order valence-corrected chi connectivity index (χ2v) is 8.55. The molecule has 2 aromatic rings. The molecule has 9 heteroatoms. The number of rotatable bonds is 4. The molecule has 1 atom stereocenters. The molecule has 1 aliphatic heterocycles. The number of sulfonamides is 1. The number of thiophene rings is 1. The van der Waals surface area contributed by atoms with Gasteiger partial charge in [-0.15, -0.1) is 11.3 Å². The number of amides is 2. The van der Waals surface area contributed by atoms with E-state index in [1.54, 1.807) is 12.1 Å². The van der Waals surface area contributed by atoms with Gasteiger partial charge < -0.3 is 10.2 Å². The quantitative estimate of drug-likeness (QED) is 0.826. The molecule has 0 saturated carbocycles. The van der Waals surface area contributed by atoms with Crippen LogP contribution in [0, 0.1) is 5.92 Å². The average Bonchev–Trinajstić information content (AvgIpc) is 3.12. The number of para-hydroxylation sites is 1. The molecule has 1 aliphatic rings. The van der Waals surface area contributed by atoms with Gasteiger partial charge in [-0.2, -0.15) is 0 Å². The van der Waals surface area contributed by atoms with Crippen LogP contribution in [0.2, 0.25) is 0 Å². The van der Waals surface area contributed by atoms with Gasteiger partial charge in [-0.1, -0.05) is 18.2 Å². The molecule has 0 aliphatic carbocycles. The van der Waals surface area contributed by atoms with Crippen LogP contribution < -0.4 is 10.5 Å². The number of likely N-dealkylation sites (tertiary alicyclic amines) is 1. The molecule has 3 N–H and O–H groups in total. The lowest BCUT2D eigenvalue weighted by Crippen LogP contribution is -2.43. The van der Waals surface area contributed by atoms with Crippen molar-refractivity contribution in [3.63, 3.8) is 0 Å². The Morgan fingerprint density at radius 2 is 1.92 bits per heavy atom. The zero-order chi connectivity index (χ0) is 18.7. The van der Waals surface area contributed by atoms with Gasteiger partial charge in [0.2, 0.25) is 15.9 Å². The SMILES string of the molecule is NS(=O)(=O)c1ccsc1C(=O)N1CCC[C@H](C(=O)Nc2ccccc2)C1. The predicted octanol–water partition coefficient (Wildman–Crippen LogP) is 1.89. The maximum Gasteiger partial charge on any atom is 0.265 e. The summed E-state index contributed by atoms with van der Waals surface area (Å²) in [4.78, 5) is 26.7. The Hall–Kier alpha value is -2.23. The smallest absolute Gasteiger partial charge is 0.265 e. The van der Waals surface area contributed by atoms with Crippen molar-refractivity contribution in [2.24, 2.45) is 11.1 Å². The van der Waals surface area contributed by atoms with E-state index in [1.165, 1.54) is 16.3 Å². The van der Waals surface area contributed by atoms with E-state index < -0.39 is 15.9 Å². The van der Waals surface area contributed by atoms with Crippen LogP contribution in [0.3, 0.4) is 0 Å². The third-order valence-electron chi connectivity index (χ3n) is 4.25. The number of hydrogen-bond acceptors (Lipinski definition) is 5. The highest BCUT2D eigenvalue weighted by Gasteiger charge is 2.31. The summed E-state index contributed by atoms with van der Waals surface area (Å²) in [7, 11) is -3.96. The van der Waals surface area contributed by atoms with Crippen molar-refractivity contribution in [1.82, 2.24) is 4.90 Å². The van der Waals surface area contributed by atoms with Gasteiger partial charge in [-0.05, 0) is 36.4 Å². The molecule has 1 aromatic carbocycles. The van der Waals surface area contributed by atoms with Gasteiger partial charge in [0, 0.05) is 18.8 Å². The van der Waals surface area contributed by atoms with Gasteiger partial charge in [0.25, 0.3) is 5.91 Å². The Morgan fingerprint density at radius 1 is 1.19 bits per heavy atom. The van der Waals surface area contributed by atoms with Gasteiger partial charge in [0.05, 0.1) is 5.92 Å². The number of nitrogens with one attached hydrogen (secondary N) is 1. The number of benzene rings is 1. The van der Waals surface area contributed by atoms with Crippen molar-refractivity contribution in [3.8, 4) is 0 Å². The van der Waals surface area contributed by atoms with E-state index in [0.29, 0.717) is 25.1 Å². The van der Waals surface area contributed by atoms with Gasteiger partial charge in [0.1, 0.15) is 9.77 Å². The summed E-state index contributed by atoms with van der Waals surface area (Å²) in [5.41, 5.74) is 0.704. The standard InChI is InChI=1S/C17H19N3O4S2/c18-26(23,24)14-8-10-25-15(14)17(22)20-9-4-5-12(11-20)16(21)19-13-6-2-1-3-7-13/h1-3,6-8,10,12H,4-5,9,11H2,(H,19,21)(H2,18,23,24)/t12-/m0/s1. The zero-order valence-electron chi connectivity index (χ0n) is 13.9. The monoisotopic (exact) mass is 393 g/mol. The van der Waals surface area contributed by atoms with Crippen LogP contribution >= 0.6 is 11.3 Å². The summed E-state index contributed by atoms with van der Waals surface area (Å²) >= 11 is 1.04. The van der Waals surface area contributed by atoms with E-state index in [9.17, 15) is 18.0 Å². The first kappa shape index (κ1) is 18.6. The van der Waals surface area contributed by atoms with Crippen LogP contribution in [0.5, 0.6) is 0 Å². The summed E-state index contributed by atoms with van der Waals surface area (Å²) in [5.74, 6) is -0.890. The maximum atomic E-state index is 12.7. The first-order valence-corrected chi connectivity index (χ1v) is 10.5. The topological polar surface area (TPSA) is 110 Å². The van der Waals surface area contributed by atoms with Crippen LogP contribution in [0.4, 0.5) is 5.69 Å². The van der Waals surface area contributed by atoms with Crippen molar-refractivity contribution in [2.45, 2.75) is 17.7 Å². The summed E-state index contributed by atoms with van der Waals surface area (Å²) in [5, 5.41) is 9.55. The Morgan fingerprint density at radius 3 is 2.62 bits per heavy atom. The Labute approximate surface area is 155 Å². The molecule has 138 valence electrons. The average molecular weight is 393 g/mol. The van der Waals surface area contributed by atoms with Gasteiger partial charge in [-0.3, -0.25) is 9.59 Å². The second-order valence-electron chi connectivity index (χ2n) is 6.10. The Kier molecular flexibility index (Phi) is 5.40. The van der Waals surface area contributed by atoms with Crippen LogP contribution in [0.1, 0.15) is 22.5 Å². The predicted molar refractivity (Wildman–Crippen MR) is 99.4 cm³/mol. The number of hydrogen-bond donors (Lipinski definition) is 2. The summed E-state index contributed by atoms with van der Waals surface area (Å²) in [6, 6.07) is 10.5. The third-order valence-corrected chi connectivity index (χ3v) is 6.24. The van der Waals surface area contributed by atoms with E-state index >= 15 is 0 Å². The fourth-order valence-electron chi connectivity index (χ4n) is 2.96. The molecule has 3 rings (SSSR count). The van der Waals surface area contributed by atoms with Crippen molar-refractivity contribution < 1.29 is 18.0 Å². The Bertz CT molecular complexity index is 909. The molecule has 0 unspecified atom stereocenters. The molecular weight excluding hydrogens is 374 g/mol. The number of nitrogens with zero attached hydrogens (tertiary/aromatic N) is 1. The Balaban J connectivity index is 1.71. The van der Waals surface area contributed by atoms with Gasteiger partial charge in [0.15, 0.2) is 0 Å². The van der Waals surface area contributed by atoms with Gasteiger partial charge in [-0.25, -0.2) is 13.6 Å². The molecule has 2 heterocycles. The van der Waals surface area contributed by atoms with E-state index in [2.05, 4.69) is 5.32 Å².